The van der Waals surface area contributed by atoms with E-state index in [9.17, 15) is 4.79 Å². The fourth-order valence-electron chi connectivity index (χ4n) is 3.38. The molecule has 0 aliphatic heterocycles. The second-order valence-electron chi connectivity index (χ2n) is 7.12. The summed E-state index contributed by atoms with van der Waals surface area (Å²) in [5.74, 6) is 1.02. The van der Waals surface area contributed by atoms with Gasteiger partial charge in [-0.1, -0.05) is 26.0 Å². The number of hydrogen-bond acceptors (Lipinski definition) is 4. The Balaban J connectivity index is 1.72. The summed E-state index contributed by atoms with van der Waals surface area (Å²) >= 11 is 0. The lowest BCUT2D eigenvalue weighted by molar-refractivity contribution is -0.127. The van der Waals surface area contributed by atoms with Gasteiger partial charge in [0.2, 0.25) is 5.91 Å². The molecule has 1 aliphatic carbocycles. The van der Waals surface area contributed by atoms with Crippen LogP contribution in [0.2, 0.25) is 0 Å². The van der Waals surface area contributed by atoms with Gasteiger partial charge in [0, 0.05) is 25.1 Å². The highest BCUT2D eigenvalue weighted by Crippen LogP contribution is 2.26. The standard InChI is InChI=1S/C21H34N2O3/c1-3-12-25-18-7-5-6-16(14-18)10-11-23-21(24)17-8-9-20(19(22)15-17)26-13-4-2/h5-7,14,17,19-20H,3-4,8-13,15,22H2,1-2H3,(H,23,24)/t17-,19+,20+/m0/s1. The zero-order valence-electron chi connectivity index (χ0n) is 16.2. The maximum Gasteiger partial charge on any atom is 0.223 e. The van der Waals surface area contributed by atoms with E-state index >= 15 is 0 Å². The molecule has 0 unspecified atom stereocenters. The van der Waals surface area contributed by atoms with Gasteiger partial charge >= 0.3 is 0 Å². The number of rotatable bonds is 10. The third-order valence-corrected chi connectivity index (χ3v) is 4.82. The molecule has 5 nitrogen and oxygen atoms in total. The van der Waals surface area contributed by atoms with Crippen LogP contribution in [0.15, 0.2) is 24.3 Å². The van der Waals surface area contributed by atoms with E-state index in [1.165, 1.54) is 5.56 Å². The van der Waals surface area contributed by atoms with E-state index in [1.54, 1.807) is 0 Å². The van der Waals surface area contributed by atoms with Gasteiger partial charge in [-0.05, 0) is 56.2 Å². The minimum Gasteiger partial charge on any atom is -0.494 e. The molecule has 3 atom stereocenters. The summed E-state index contributed by atoms with van der Waals surface area (Å²) in [5.41, 5.74) is 7.38. The summed E-state index contributed by atoms with van der Waals surface area (Å²) in [6.07, 6.45) is 5.33. The minimum absolute atomic E-state index is 0.00528. The largest absolute Gasteiger partial charge is 0.494 e. The van der Waals surface area contributed by atoms with Gasteiger partial charge in [0.1, 0.15) is 5.75 Å². The number of carbonyl (C=O) groups is 1. The van der Waals surface area contributed by atoms with E-state index < -0.39 is 0 Å². The van der Waals surface area contributed by atoms with Crippen molar-refractivity contribution in [3.8, 4) is 5.75 Å². The van der Waals surface area contributed by atoms with Gasteiger partial charge in [0.25, 0.3) is 0 Å². The first-order chi connectivity index (χ1) is 12.6. The van der Waals surface area contributed by atoms with E-state index in [4.69, 9.17) is 15.2 Å². The molecule has 0 spiro atoms. The summed E-state index contributed by atoms with van der Waals surface area (Å²) in [5, 5.41) is 3.07. The highest BCUT2D eigenvalue weighted by atomic mass is 16.5. The summed E-state index contributed by atoms with van der Waals surface area (Å²) in [6, 6.07) is 8.04. The van der Waals surface area contributed by atoms with Crippen LogP contribution in [-0.4, -0.2) is 37.8 Å². The monoisotopic (exact) mass is 362 g/mol. The SMILES string of the molecule is CCCOc1cccc(CCNC(=O)[C@H]2CC[C@@H](OCCC)[C@H](N)C2)c1. The van der Waals surface area contributed by atoms with Gasteiger partial charge in [-0.25, -0.2) is 0 Å². The smallest absolute Gasteiger partial charge is 0.223 e. The van der Waals surface area contributed by atoms with Crippen molar-refractivity contribution < 1.29 is 14.3 Å². The molecule has 1 aromatic carbocycles. The maximum absolute atomic E-state index is 12.4. The number of hydrogen-bond donors (Lipinski definition) is 2. The van der Waals surface area contributed by atoms with Gasteiger partial charge in [0.15, 0.2) is 0 Å². The van der Waals surface area contributed by atoms with Crippen molar-refractivity contribution in [2.24, 2.45) is 11.7 Å². The normalized spacial score (nSPS) is 22.8. The van der Waals surface area contributed by atoms with Crippen LogP contribution in [0, 0.1) is 5.92 Å². The third-order valence-electron chi connectivity index (χ3n) is 4.82. The van der Waals surface area contributed by atoms with Crippen molar-refractivity contribution >= 4 is 5.91 Å². The topological polar surface area (TPSA) is 73.6 Å². The molecule has 0 heterocycles. The number of carbonyl (C=O) groups excluding carboxylic acids is 1. The lowest BCUT2D eigenvalue weighted by Crippen LogP contribution is -2.46. The molecular formula is C21H34N2O3. The minimum atomic E-state index is -0.0431. The molecule has 26 heavy (non-hydrogen) atoms. The van der Waals surface area contributed by atoms with Crippen LogP contribution in [0.25, 0.3) is 0 Å². The van der Waals surface area contributed by atoms with Crippen molar-refractivity contribution in [1.82, 2.24) is 5.32 Å². The van der Waals surface area contributed by atoms with E-state index in [-0.39, 0.29) is 24.0 Å². The van der Waals surface area contributed by atoms with E-state index in [0.717, 1.165) is 51.1 Å². The average molecular weight is 363 g/mol. The van der Waals surface area contributed by atoms with Crippen LogP contribution >= 0.6 is 0 Å². The average Bonchev–Trinajstić information content (AvgIpc) is 2.65. The quantitative estimate of drug-likeness (QED) is 0.671. The van der Waals surface area contributed by atoms with Crippen LogP contribution in [0.1, 0.15) is 51.5 Å². The predicted molar refractivity (Wildman–Crippen MR) is 104 cm³/mol. The van der Waals surface area contributed by atoms with E-state index in [2.05, 4.69) is 25.2 Å². The van der Waals surface area contributed by atoms with Crippen molar-refractivity contribution in [1.29, 1.82) is 0 Å². The summed E-state index contributed by atoms with van der Waals surface area (Å²) in [6.45, 7) is 6.30. The van der Waals surface area contributed by atoms with Crippen molar-refractivity contribution in [2.45, 2.75) is 64.5 Å². The van der Waals surface area contributed by atoms with E-state index in [1.807, 2.05) is 18.2 Å². The lowest BCUT2D eigenvalue weighted by Gasteiger charge is -2.33. The molecular weight excluding hydrogens is 328 g/mol. The Morgan fingerprint density at radius 1 is 1.23 bits per heavy atom. The highest BCUT2D eigenvalue weighted by molar-refractivity contribution is 5.78. The van der Waals surface area contributed by atoms with Crippen molar-refractivity contribution in [3.05, 3.63) is 29.8 Å². The molecule has 2 rings (SSSR count). The summed E-state index contributed by atoms with van der Waals surface area (Å²) < 4.78 is 11.4. The Bertz CT molecular complexity index is 550. The van der Waals surface area contributed by atoms with Gasteiger partial charge in [0.05, 0.1) is 12.7 Å². The van der Waals surface area contributed by atoms with Crippen molar-refractivity contribution in [2.75, 3.05) is 19.8 Å². The molecule has 1 aromatic rings. The molecule has 1 fully saturated rings. The number of ether oxygens (including phenoxy) is 2. The molecule has 0 bridgehead atoms. The van der Waals surface area contributed by atoms with E-state index in [0.29, 0.717) is 13.0 Å². The van der Waals surface area contributed by atoms with Gasteiger partial charge in [-0.2, -0.15) is 0 Å². The third kappa shape index (κ3) is 6.61. The number of amides is 1. The first-order valence-corrected chi connectivity index (χ1v) is 10.0. The van der Waals surface area contributed by atoms with Crippen LogP contribution in [0.3, 0.4) is 0 Å². The maximum atomic E-state index is 12.4. The first kappa shape index (κ1) is 20.7. The lowest BCUT2D eigenvalue weighted by atomic mass is 9.83. The molecule has 0 saturated heterocycles. The summed E-state index contributed by atoms with van der Waals surface area (Å²) in [7, 11) is 0. The molecule has 5 heteroatoms. The Kier molecular flexibility index (Phi) is 8.92. The molecule has 1 amide bonds. The molecule has 0 radical (unpaired) electrons. The Hall–Kier alpha value is -1.59. The van der Waals surface area contributed by atoms with Crippen LogP contribution in [0.4, 0.5) is 0 Å². The van der Waals surface area contributed by atoms with Crippen LogP contribution in [0.5, 0.6) is 5.75 Å². The Morgan fingerprint density at radius 3 is 2.77 bits per heavy atom. The molecule has 0 aromatic heterocycles. The molecule has 3 N–H and O–H groups in total. The number of nitrogens with one attached hydrogen (secondary N) is 1. The Labute approximate surface area is 157 Å². The summed E-state index contributed by atoms with van der Waals surface area (Å²) in [4.78, 5) is 12.4. The second kappa shape index (κ2) is 11.2. The predicted octanol–water partition coefficient (Wildman–Crippen LogP) is 3.06. The highest BCUT2D eigenvalue weighted by Gasteiger charge is 2.32. The van der Waals surface area contributed by atoms with Gasteiger partial charge in [-0.15, -0.1) is 0 Å². The van der Waals surface area contributed by atoms with Gasteiger partial charge < -0.3 is 20.5 Å². The number of nitrogens with two attached hydrogens (primary N) is 1. The van der Waals surface area contributed by atoms with Crippen molar-refractivity contribution in [3.63, 3.8) is 0 Å². The fraction of sp³-hybridized carbons (Fsp3) is 0.667. The van der Waals surface area contributed by atoms with Gasteiger partial charge in [-0.3, -0.25) is 4.79 Å². The molecule has 1 aliphatic rings. The van der Waals surface area contributed by atoms with Crippen LogP contribution in [-0.2, 0) is 16.0 Å². The van der Waals surface area contributed by atoms with Crippen LogP contribution < -0.4 is 15.8 Å². The second-order valence-corrected chi connectivity index (χ2v) is 7.12. The zero-order chi connectivity index (χ0) is 18.8. The first-order valence-electron chi connectivity index (χ1n) is 10.0. The fourth-order valence-corrected chi connectivity index (χ4v) is 3.38. The Morgan fingerprint density at radius 2 is 2.04 bits per heavy atom. The zero-order valence-corrected chi connectivity index (χ0v) is 16.2. The molecule has 1 saturated carbocycles. The molecule has 146 valence electrons. The number of benzene rings is 1.